The van der Waals surface area contributed by atoms with E-state index in [0.717, 1.165) is 24.1 Å². The maximum Gasteiger partial charge on any atom is 0.245 e. The van der Waals surface area contributed by atoms with Crippen molar-refractivity contribution in [3.05, 3.63) is 58.3 Å². The number of carbonyl (C=O) groups excluding carboxylic acids is 1. The number of thiazole rings is 1. The lowest BCUT2D eigenvalue weighted by molar-refractivity contribution is -0.124. The van der Waals surface area contributed by atoms with Crippen LogP contribution in [0, 0.1) is 6.92 Å². The van der Waals surface area contributed by atoms with Gasteiger partial charge in [-0.15, -0.1) is 16.4 Å². The fourth-order valence-corrected chi connectivity index (χ4v) is 3.42. The van der Waals surface area contributed by atoms with E-state index in [0.29, 0.717) is 13.0 Å². The second kappa shape index (κ2) is 8.48. The van der Waals surface area contributed by atoms with Gasteiger partial charge in [0.25, 0.3) is 0 Å². The number of carbonyl (C=O) groups is 1. The Kier molecular flexibility index (Phi) is 5.84. The van der Waals surface area contributed by atoms with Gasteiger partial charge in [0, 0.05) is 17.8 Å². The highest BCUT2D eigenvalue weighted by Gasteiger charge is 2.21. The summed E-state index contributed by atoms with van der Waals surface area (Å²) in [5.74, 6) is -0.0721. The fraction of sp³-hybridized carbons (Fsp3) is 0.353. The second-order valence-electron chi connectivity index (χ2n) is 5.75. The van der Waals surface area contributed by atoms with Crippen molar-refractivity contribution in [2.75, 3.05) is 6.54 Å². The van der Waals surface area contributed by atoms with Gasteiger partial charge in [0.2, 0.25) is 5.91 Å². The number of tetrazole rings is 1. The minimum atomic E-state index is -0.456. The van der Waals surface area contributed by atoms with Crippen molar-refractivity contribution >= 4 is 17.2 Å². The zero-order valence-electron chi connectivity index (χ0n) is 14.0. The third kappa shape index (κ3) is 4.69. The molecule has 0 saturated heterocycles. The van der Waals surface area contributed by atoms with Gasteiger partial charge in [0.05, 0.1) is 11.2 Å². The van der Waals surface area contributed by atoms with E-state index in [-0.39, 0.29) is 5.91 Å². The predicted molar refractivity (Wildman–Crippen MR) is 95.2 cm³/mol. The Bertz CT molecular complexity index is 787. The van der Waals surface area contributed by atoms with E-state index in [4.69, 9.17) is 0 Å². The van der Waals surface area contributed by atoms with Crippen molar-refractivity contribution in [1.29, 1.82) is 0 Å². The molecule has 0 aliphatic rings. The van der Waals surface area contributed by atoms with Gasteiger partial charge in [-0.25, -0.2) is 9.67 Å². The van der Waals surface area contributed by atoms with Gasteiger partial charge < -0.3 is 5.32 Å². The average molecular weight is 356 g/mol. The van der Waals surface area contributed by atoms with Crippen molar-refractivity contribution in [3.63, 3.8) is 0 Å². The molecule has 1 aromatic carbocycles. The van der Waals surface area contributed by atoms with Crippen LogP contribution < -0.4 is 5.32 Å². The molecule has 2 heterocycles. The van der Waals surface area contributed by atoms with Crippen LogP contribution in [0.4, 0.5) is 0 Å². The number of aromatic nitrogens is 5. The van der Waals surface area contributed by atoms with E-state index >= 15 is 0 Å². The largest absolute Gasteiger partial charge is 0.354 e. The van der Waals surface area contributed by atoms with E-state index in [1.807, 2.05) is 42.8 Å². The molecule has 2 aromatic heterocycles. The van der Waals surface area contributed by atoms with Crippen LogP contribution >= 0.6 is 11.3 Å². The minimum absolute atomic E-state index is 0.0721. The first-order chi connectivity index (χ1) is 12.2. The number of amides is 1. The zero-order valence-corrected chi connectivity index (χ0v) is 14.8. The fourth-order valence-electron chi connectivity index (χ4n) is 2.60. The monoisotopic (exact) mass is 356 g/mol. The molecule has 0 aliphatic carbocycles. The van der Waals surface area contributed by atoms with Gasteiger partial charge in [0.1, 0.15) is 12.4 Å². The topological polar surface area (TPSA) is 85.6 Å². The summed E-state index contributed by atoms with van der Waals surface area (Å²) in [6.07, 6.45) is 3.83. The van der Waals surface area contributed by atoms with Gasteiger partial charge in [-0.05, 0) is 35.8 Å². The summed E-state index contributed by atoms with van der Waals surface area (Å²) in [6.45, 7) is 2.63. The van der Waals surface area contributed by atoms with E-state index in [9.17, 15) is 4.79 Å². The molecule has 1 atom stereocenters. The number of benzene rings is 1. The molecule has 1 N–H and O–H groups in total. The Labute approximate surface area is 150 Å². The van der Waals surface area contributed by atoms with Crippen LogP contribution in [0.2, 0.25) is 0 Å². The molecule has 0 bridgehead atoms. The molecule has 8 heteroatoms. The summed E-state index contributed by atoms with van der Waals surface area (Å²) >= 11 is 1.66. The quantitative estimate of drug-likeness (QED) is 0.624. The van der Waals surface area contributed by atoms with Crippen molar-refractivity contribution in [2.45, 2.75) is 32.2 Å². The Morgan fingerprint density at radius 3 is 2.84 bits per heavy atom. The molecule has 130 valence electrons. The van der Waals surface area contributed by atoms with Gasteiger partial charge in [-0.1, -0.05) is 30.3 Å². The zero-order chi connectivity index (χ0) is 17.5. The van der Waals surface area contributed by atoms with E-state index < -0.39 is 6.04 Å². The number of nitrogens with one attached hydrogen (secondary N) is 1. The third-order valence-electron chi connectivity index (χ3n) is 3.98. The molecule has 0 aliphatic heterocycles. The second-order valence-corrected chi connectivity index (χ2v) is 6.69. The summed E-state index contributed by atoms with van der Waals surface area (Å²) in [4.78, 5) is 18.2. The van der Waals surface area contributed by atoms with Crippen LogP contribution in [0.5, 0.6) is 0 Å². The Hall–Kier alpha value is -2.61. The standard InChI is InChI=1S/C17H20N6OS/c1-13-16(25-12-19-13)8-5-9-18-17(24)15(23-11-20-21-22-23)10-14-6-3-2-4-7-14/h2-4,6-7,11-12,15H,5,8-10H2,1H3,(H,18,24)/t15-/m0/s1. The molecule has 25 heavy (non-hydrogen) atoms. The highest BCUT2D eigenvalue weighted by molar-refractivity contribution is 7.09. The van der Waals surface area contributed by atoms with Gasteiger partial charge >= 0.3 is 0 Å². The number of nitrogens with zero attached hydrogens (tertiary/aromatic N) is 5. The van der Waals surface area contributed by atoms with Crippen molar-refractivity contribution in [3.8, 4) is 0 Å². The molecular formula is C17H20N6OS. The Morgan fingerprint density at radius 1 is 1.32 bits per heavy atom. The lowest BCUT2D eigenvalue weighted by atomic mass is 10.1. The van der Waals surface area contributed by atoms with E-state index in [2.05, 4.69) is 25.8 Å². The van der Waals surface area contributed by atoms with Crippen LogP contribution in [0.3, 0.4) is 0 Å². The lowest BCUT2D eigenvalue weighted by Gasteiger charge is -2.16. The predicted octanol–water partition coefficient (Wildman–Crippen LogP) is 1.97. The van der Waals surface area contributed by atoms with Crippen molar-refractivity contribution in [2.24, 2.45) is 0 Å². The molecule has 0 unspecified atom stereocenters. The van der Waals surface area contributed by atoms with Gasteiger partial charge in [-0.2, -0.15) is 0 Å². The van der Waals surface area contributed by atoms with E-state index in [1.165, 1.54) is 15.9 Å². The highest BCUT2D eigenvalue weighted by Crippen LogP contribution is 2.15. The minimum Gasteiger partial charge on any atom is -0.354 e. The van der Waals surface area contributed by atoms with Crippen LogP contribution in [0.1, 0.15) is 28.6 Å². The lowest BCUT2D eigenvalue weighted by Crippen LogP contribution is -2.35. The van der Waals surface area contributed by atoms with Gasteiger partial charge in [-0.3, -0.25) is 4.79 Å². The number of hydrogen-bond donors (Lipinski definition) is 1. The van der Waals surface area contributed by atoms with Crippen LogP contribution in [-0.4, -0.2) is 37.6 Å². The summed E-state index contributed by atoms with van der Waals surface area (Å²) < 4.78 is 1.51. The smallest absolute Gasteiger partial charge is 0.245 e. The van der Waals surface area contributed by atoms with Gasteiger partial charge in [0.15, 0.2) is 0 Å². The Balaban J connectivity index is 1.57. The molecular weight excluding hydrogens is 336 g/mol. The van der Waals surface area contributed by atoms with E-state index in [1.54, 1.807) is 11.3 Å². The maximum atomic E-state index is 12.6. The molecule has 0 saturated carbocycles. The van der Waals surface area contributed by atoms with Crippen LogP contribution in [-0.2, 0) is 17.6 Å². The first-order valence-electron chi connectivity index (χ1n) is 8.17. The number of rotatable bonds is 8. The molecule has 3 aromatic rings. The molecule has 7 nitrogen and oxygen atoms in total. The summed E-state index contributed by atoms with van der Waals surface area (Å²) in [5.41, 5.74) is 4.00. The Morgan fingerprint density at radius 2 is 2.16 bits per heavy atom. The first-order valence-corrected chi connectivity index (χ1v) is 9.05. The molecule has 0 fully saturated rings. The average Bonchev–Trinajstić information content (AvgIpc) is 3.29. The summed E-state index contributed by atoms with van der Waals surface area (Å²) in [7, 11) is 0. The van der Waals surface area contributed by atoms with Crippen molar-refractivity contribution in [1.82, 2.24) is 30.5 Å². The maximum absolute atomic E-state index is 12.6. The van der Waals surface area contributed by atoms with Crippen molar-refractivity contribution < 1.29 is 4.79 Å². The molecule has 3 rings (SSSR count). The third-order valence-corrected chi connectivity index (χ3v) is 4.98. The SMILES string of the molecule is Cc1ncsc1CCCNC(=O)[C@H](Cc1ccccc1)n1cnnn1. The summed E-state index contributed by atoms with van der Waals surface area (Å²) in [6, 6.07) is 9.41. The first kappa shape index (κ1) is 17.2. The normalized spacial score (nSPS) is 12.0. The molecule has 0 spiro atoms. The molecule has 1 amide bonds. The number of aryl methyl sites for hydroxylation is 2. The van der Waals surface area contributed by atoms with Crippen LogP contribution in [0.15, 0.2) is 42.2 Å². The van der Waals surface area contributed by atoms with Crippen LogP contribution in [0.25, 0.3) is 0 Å². The highest BCUT2D eigenvalue weighted by atomic mass is 32.1. The summed E-state index contributed by atoms with van der Waals surface area (Å²) in [5, 5.41) is 14.2. The molecule has 0 radical (unpaired) electrons. The number of hydrogen-bond acceptors (Lipinski definition) is 6.